The maximum absolute atomic E-state index is 13.5. The molecule has 1 aromatic rings. The number of benzene rings is 1. The van der Waals surface area contributed by atoms with Crippen LogP contribution in [0.5, 0.6) is 0 Å². The van der Waals surface area contributed by atoms with Crippen LogP contribution in [0.25, 0.3) is 0 Å². The van der Waals surface area contributed by atoms with E-state index in [-0.39, 0.29) is 29.4 Å². The van der Waals surface area contributed by atoms with Crippen LogP contribution in [0.1, 0.15) is 18.0 Å². The van der Waals surface area contributed by atoms with Crippen LogP contribution in [0, 0.1) is 5.82 Å². The van der Waals surface area contributed by atoms with Gasteiger partial charge in [-0.05, 0) is 24.1 Å². The lowest BCUT2D eigenvalue weighted by Crippen LogP contribution is -2.41. The molecule has 0 spiro atoms. The number of ether oxygens (including phenoxy) is 1. The van der Waals surface area contributed by atoms with E-state index in [4.69, 9.17) is 16.3 Å². The second-order valence-corrected chi connectivity index (χ2v) is 7.33. The van der Waals surface area contributed by atoms with Gasteiger partial charge in [-0.15, -0.1) is 0 Å². The lowest BCUT2D eigenvalue weighted by atomic mass is 10.1. The van der Waals surface area contributed by atoms with E-state index < -0.39 is 40.3 Å². The maximum atomic E-state index is 13.5. The molecule has 25 heavy (non-hydrogen) atoms. The van der Waals surface area contributed by atoms with Gasteiger partial charge in [-0.25, -0.2) is 22.3 Å². The number of carboxylic acid groups (broad SMARTS) is 1. The van der Waals surface area contributed by atoms with Gasteiger partial charge < -0.3 is 15.2 Å². The number of hydrogen-bond donors (Lipinski definition) is 3. The largest absolute Gasteiger partial charge is 0.479 e. The van der Waals surface area contributed by atoms with Crippen molar-refractivity contribution in [1.82, 2.24) is 10.0 Å². The van der Waals surface area contributed by atoms with Crippen molar-refractivity contribution in [2.75, 3.05) is 26.0 Å². The first-order valence-corrected chi connectivity index (χ1v) is 9.12. The minimum atomic E-state index is -3.70. The molecule has 3 N–H and O–H groups in total. The molecule has 11 heteroatoms. The molecule has 0 heterocycles. The summed E-state index contributed by atoms with van der Waals surface area (Å²) in [5, 5.41) is 11.1. The second-order valence-electron chi connectivity index (χ2n) is 5.00. The fraction of sp³-hybridized carbons (Fsp3) is 0.429. The molecule has 1 amide bonds. The summed E-state index contributed by atoms with van der Waals surface area (Å²) < 4.78 is 43.5. The molecule has 0 aromatic heterocycles. The number of carbonyl (C=O) groups excluding carboxylic acids is 1. The number of methoxy groups -OCH3 is 1. The van der Waals surface area contributed by atoms with E-state index in [1.807, 2.05) is 0 Å². The van der Waals surface area contributed by atoms with Gasteiger partial charge in [-0.2, -0.15) is 0 Å². The molecular formula is C14H18ClFN2O6S. The monoisotopic (exact) mass is 396 g/mol. The molecule has 0 radical (unpaired) electrons. The van der Waals surface area contributed by atoms with Crippen LogP contribution >= 0.6 is 11.6 Å². The molecule has 0 aliphatic heterocycles. The summed E-state index contributed by atoms with van der Waals surface area (Å²) in [7, 11) is -2.27. The summed E-state index contributed by atoms with van der Waals surface area (Å²) in [6.07, 6.45) is 0.245. The smallest absolute Gasteiger partial charge is 0.330 e. The first kappa shape index (κ1) is 21.3. The van der Waals surface area contributed by atoms with Gasteiger partial charge in [0.15, 0.2) is 6.04 Å². The van der Waals surface area contributed by atoms with E-state index in [2.05, 4.69) is 10.0 Å². The predicted octanol–water partition coefficient (Wildman–Crippen LogP) is 0.677. The predicted molar refractivity (Wildman–Crippen MR) is 88.2 cm³/mol. The van der Waals surface area contributed by atoms with Crippen LogP contribution < -0.4 is 10.0 Å². The van der Waals surface area contributed by atoms with Crippen molar-refractivity contribution < 1.29 is 32.2 Å². The molecule has 1 atom stereocenters. The highest BCUT2D eigenvalue weighted by Crippen LogP contribution is 2.20. The Bertz CT molecular complexity index is 728. The minimum absolute atomic E-state index is 0.0364. The van der Waals surface area contributed by atoms with Gasteiger partial charge in [0, 0.05) is 13.7 Å². The van der Waals surface area contributed by atoms with E-state index in [0.29, 0.717) is 0 Å². The Balaban J connectivity index is 2.68. The summed E-state index contributed by atoms with van der Waals surface area (Å²) in [5.41, 5.74) is -0.0364. The minimum Gasteiger partial charge on any atom is -0.479 e. The number of hydrogen-bond acceptors (Lipinski definition) is 5. The number of amides is 1. The van der Waals surface area contributed by atoms with Gasteiger partial charge in [0.2, 0.25) is 15.9 Å². The van der Waals surface area contributed by atoms with Crippen molar-refractivity contribution in [1.29, 1.82) is 0 Å². The topological polar surface area (TPSA) is 122 Å². The molecule has 8 nitrogen and oxygen atoms in total. The van der Waals surface area contributed by atoms with Crippen LogP contribution in [0.4, 0.5) is 4.39 Å². The van der Waals surface area contributed by atoms with Crippen LogP contribution in [0.2, 0.25) is 5.02 Å². The van der Waals surface area contributed by atoms with E-state index in [9.17, 15) is 27.5 Å². The Morgan fingerprint density at radius 2 is 2.08 bits per heavy atom. The third-order valence-electron chi connectivity index (χ3n) is 3.04. The SMILES string of the molecule is COCCCS(=O)(=O)NCC(=O)NC(C(=O)O)c1ccc(Cl)c(F)c1. The number of carbonyl (C=O) groups is 2. The zero-order chi connectivity index (χ0) is 19.0. The van der Waals surface area contributed by atoms with Gasteiger partial charge >= 0.3 is 5.97 Å². The summed E-state index contributed by atoms with van der Waals surface area (Å²) in [4.78, 5) is 23.1. The van der Waals surface area contributed by atoms with E-state index in [1.165, 1.54) is 13.2 Å². The molecule has 0 aliphatic rings. The lowest BCUT2D eigenvalue weighted by molar-refractivity contribution is -0.141. The molecule has 0 saturated carbocycles. The zero-order valence-corrected chi connectivity index (χ0v) is 14.9. The number of nitrogens with one attached hydrogen (secondary N) is 2. The number of sulfonamides is 1. The van der Waals surface area contributed by atoms with Crippen molar-refractivity contribution in [3.8, 4) is 0 Å². The summed E-state index contributed by atoms with van der Waals surface area (Å²) in [6.45, 7) is -0.397. The van der Waals surface area contributed by atoms with Crippen molar-refractivity contribution in [2.45, 2.75) is 12.5 Å². The second kappa shape index (κ2) is 9.66. The normalized spacial score (nSPS) is 12.6. The maximum Gasteiger partial charge on any atom is 0.330 e. The summed E-state index contributed by atoms with van der Waals surface area (Å²) in [6, 6.07) is 1.75. The Labute approximate surface area is 149 Å². The first-order chi connectivity index (χ1) is 11.7. The third kappa shape index (κ3) is 7.34. The zero-order valence-electron chi connectivity index (χ0n) is 13.3. The number of rotatable bonds is 10. The highest BCUT2D eigenvalue weighted by Gasteiger charge is 2.23. The molecule has 140 valence electrons. The first-order valence-electron chi connectivity index (χ1n) is 7.09. The Kier molecular flexibility index (Phi) is 8.23. The summed E-state index contributed by atoms with van der Waals surface area (Å²) >= 11 is 5.53. The standard InChI is InChI=1S/C14H18ClFN2O6S/c1-24-5-2-6-25(22,23)17-8-12(19)18-13(14(20)21)9-3-4-10(15)11(16)7-9/h3-4,7,13,17H,2,5-6,8H2,1H3,(H,18,19)(H,20,21). The van der Waals surface area contributed by atoms with Crippen molar-refractivity contribution in [3.05, 3.63) is 34.6 Å². The van der Waals surface area contributed by atoms with Crippen molar-refractivity contribution >= 4 is 33.5 Å². The van der Waals surface area contributed by atoms with Crippen molar-refractivity contribution in [3.63, 3.8) is 0 Å². The number of aliphatic carboxylic acids is 1. The highest BCUT2D eigenvalue weighted by molar-refractivity contribution is 7.89. The molecule has 0 aliphatic carbocycles. The fourth-order valence-corrected chi connectivity index (χ4v) is 2.94. The molecule has 0 fully saturated rings. The van der Waals surface area contributed by atoms with Gasteiger partial charge in [0.25, 0.3) is 0 Å². The highest BCUT2D eigenvalue weighted by atomic mass is 35.5. The molecular weight excluding hydrogens is 379 g/mol. The molecule has 1 rings (SSSR count). The average Bonchev–Trinajstić information content (AvgIpc) is 2.53. The van der Waals surface area contributed by atoms with E-state index in [0.717, 1.165) is 12.1 Å². The number of carboxylic acids is 1. The van der Waals surface area contributed by atoms with Crippen LogP contribution in [0.3, 0.4) is 0 Å². The number of halogens is 2. The lowest BCUT2D eigenvalue weighted by Gasteiger charge is -2.15. The van der Waals surface area contributed by atoms with Crippen LogP contribution in [-0.2, 0) is 24.3 Å². The molecule has 1 aromatic carbocycles. The third-order valence-corrected chi connectivity index (χ3v) is 4.76. The van der Waals surface area contributed by atoms with E-state index in [1.54, 1.807) is 0 Å². The van der Waals surface area contributed by atoms with Crippen LogP contribution in [0.15, 0.2) is 18.2 Å². The average molecular weight is 397 g/mol. The molecule has 0 saturated heterocycles. The van der Waals surface area contributed by atoms with Crippen LogP contribution in [-0.4, -0.2) is 51.4 Å². The molecule has 1 unspecified atom stereocenters. The Morgan fingerprint density at radius 1 is 1.40 bits per heavy atom. The van der Waals surface area contributed by atoms with Gasteiger partial charge in [-0.3, -0.25) is 4.79 Å². The van der Waals surface area contributed by atoms with E-state index >= 15 is 0 Å². The van der Waals surface area contributed by atoms with Crippen molar-refractivity contribution in [2.24, 2.45) is 0 Å². The quantitative estimate of drug-likeness (QED) is 0.500. The summed E-state index contributed by atoms with van der Waals surface area (Å²) in [5.74, 6) is -3.38. The molecule has 0 bridgehead atoms. The van der Waals surface area contributed by atoms with Gasteiger partial charge in [0.05, 0.1) is 17.3 Å². The van der Waals surface area contributed by atoms with Gasteiger partial charge in [-0.1, -0.05) is 17.7 Å². The Morgan fingerprint density at radius 3 is 2.64 bits per heavy atom. The fourth-order valence-electron chi connectivity index (χ4n) is 1.83. The van der Waals surface area contributed by atoms with Gasteiger partial charge in [0.1, 0.15) is 5.82 Å². The Hall–Kier alpha value is -1.75.